The predicted octanol–water partition coefficient (Wildman–Crippen LogP) is 2.71. The molecule has 1 atom stereocenters. The third kappa shape index (κ3) is 2.95. The summed E-state index contributed by atoms with van der Waals surface area (Å²) < 4.78 is 5.39. The minimum atomic E-state index is 0.429. The molecule has 1 fully saturated rings. The van der Waals surface area contributed by atoms with Gasteiger partial charge in [-0.15, -0.1) is 0 Å². The maximum absolute atomic E-state index is 10.5. The lowest BCUT2D eigenvalue weighted by Gasteiger charge is -2.18. The average molecular weight is 221 g/mol. The molecule has 0 amide bonds. The second-order valence-electron chi connectivity index (χ2n) is 4.73. The van der Waals surface area contributed by atoms with Crippen LogP contribution in [0.5, 0.6) is 0 Å². The van der Waals surface area contributed by atoms with E-state index in [4.69, 9.17) is 4.42 Å². The standard InChI is InChI=1S/C13H19NO2/c1-11-3-2-7-14(8-6-11)9-12-4-5-13(10-15)16-12/h4-5,10-11H,2-3,6-9H2,1H3. The molecule has 0 spiro atoms. The third-order valence-corrected chi connectivity index (χ3v) is 3.29. The Morgan fingerprint density at radius 3 is 3.06 bits per heavy atom. The van der Waals surface area contributed by atoms with Gasteiger partial charge in [-0.1, -0.05) is 6.92 Å². The molecule has 1 aliphatic rings. The highest BCUT2D eigenvalue weighted by atomic mass is 16.3. The zero-order chi connectivity index (χ0) is 11.4. The van der Waals surface area contributed by atoms with Crippen molar-refractivity contribution in [2.24, 2.45) is 5.92 Å². The van der Waals surface area contributed by atoms with Crippen molar-refractivity contribution < 1.29 is 9.21 Å². The summed E-state index contributed by atoms with van der Waals surface area (Å²) in [7, 11) is 0. The van der Waals surface area contributed by atoms with E-state index in [-0.39, 0.29) is 0 Å². The summed E-state index contributed by atoms with van der Waals surface area (Å²) in [6, 6.07) is 3.64. The van der Waals surface area contributed by atoms with Crippen LogP contribution >= 0.6 is 0 Å². The molecule has 2 heterocycles. The van der Waals surface area contributed by atoms with Crippen LogP contribution in [0.25, 0.3) is 0 Å². The zero-order valence-corrected chi connectivity index (χ0v) is 9.82. The predicted molar refractivity (Wildman–Crippen MR) is 62.4 cm³/mol. The van der Waals surface area contributed by atoms with Crippen molar-refractivity contribution >= 4 is 6.29 Å². The normalized spacial score (nSPS) is 22.9. The molecule has 0 aliphatic carbocycles. The van der Waals surface area contributed by atoms with Gasteiger partial charge < -0.3 is 4.42 Å². The minimum absolute atomic E-state index is 0.429. The van der Waals surface area contributed by atoms with Crippen LogP contribution in [-0.4, -0.2) is 24.3 Å². The first-order chi connectivity index (χ1) is 7.78. The molecular weight excluding hydrogens is 202 g/mol. The molecule has 1 aromatic rings. The zero-order valence-electron chi connectivity index (χ0n) is 9.82. The largest absolute Gasteiger partial charge is 0.457 e. The molecule has 1 aromatic heterocycles. The van der Waals surface area contributed by atoms with Gasteiger partial charge in [-0.05, 0) is 50.4 Å². The third-order valence-electron chi connectivity index (χ3n) is 3.29. The van der Waals surface area contributed by atoms with E-state index in [0.29, 0.717) is 5.76 Å². The Bertz CT molecular complexity index is 345. The summed E-state index contributed by atoms with van der Waals surface area (Å²) in [6.07, 6.45) is 4.62. The summed E-state index contributed by atoms with van der Waals surface area (Å²) in [5, 5.41) is 0. The molecule has 0 saturated carbocycles. The first-order valence-electron chi connectivity index (χ1n) is 6.04. The molecule has 0 bridgehead atoms. The number of furan rings is 1. The molecule has 2 rings (SSSR count). The average Bonchev–Trinajstić information content (AvgIpc) is 2.63. The van der Waals surface area contributed by atoms with Gasteiger partial charge >= 0.3 is 0 Å². The fourth-order valence-corrected chi connectivity index (χ4v) is 2.24. The van der Waals surface area contributed by atoms with Crippen molar-refractivity contribution in [1.29, 1.82) is 0 Å². The summed E-state index contributed by atoms with van der Waals surface area (Å²) in [5.41, 5.74) is 0. The molecule has 3 heteroatoms. The molecule has 16 heavy (non-hydrogen) atoms. The van der Waals surface area contributed by atoms with Gasteiger partial charge in [-0.25, -0.2) is 0 Å². The first kappa shape index (κ1) is 11.4. The van der Waals surface area contributed by atoms with Gasteiger partial charge in [0.05, 0.1) is 6.54 Å². The highest BCUT2D eigenvalue weighted by molar-refractivity contribution is 5.70. The first-order valence-corrected chi connectivity index (χ1v) is 6.04. The number of carbonyl (C=O) groups is 1. The van der Waals surface area contributed by atoms with E-state index in [0.717, 1.165) is 37.6 Å². The van der Waals surface area contributed by atoms with Crippen LogP contribution in [0.2, 0.25) is 0 Å². The Morgan fingerprint density at radius 1 is 1.44 bits per heavy atom. The summed E-state index contributed by atoms with van der Waals surface area (Å²) >= 11 is 0. The fourth-order valence-electron chi connectivity index (χ4n) is 2.24. The molecule has 3 nitrogen and oxygen atoms in total. The molecule has 1 aliphatic heterocycles. The summed E-state index contributed by atoms with van der Waals surface area (Å²) in [6.45, 7) is 5.43. The van der Waals surface area contributed by atoms with Gasteiger partial charge in [0.15, 0.2) is 12.0 Å². The number of hydrogen-bond donors (Lipinski definition) is 0. The van der Waals surface area contributed by atoms with Crippen molar-refractivity contribution in [1.82, 2.24) is 4.90 Å². The molecule has 1 unspecified atom stereocenters. The number of nitrogens with zero attached hydrogens (tertiary/aromatic N) is 1. The van der Waals surface area contributed by atoms with Crippen LogP contribution in [0, 0.1) is 5.92 Å². The Morgan fingerprint density at radius 2 is 2.31 bits per heavy atom. The van der Waals surface area contributed by atoms with E-state index in [1.54, 1.807) is 6.07 Å². The van der Waals surface area contributed by atoms with Gasteiger partial charge in [0, 0.05) is 0 Å². The van der Waals surface area contributed by atoms with Crippen LogP contribution in [0.15, 0.2) is 16.5 Å². The van der Waals surface area contributed by atoms with Gasteiger partial charge in [0.25, 0.3) is 0 Å². The van der Waals surface area contributed by atoms with Gasteiger partial charge in [0.2, 0.25) is 0 Å². The van der Waals surface area contributed by atoms with Crippen LogP contribution < -0.4 is 0 Å². The van der Waals surface area contributed by atoms with E-state index >= 15 is 0 Å². The van der Waals surface area contributed by atoms with E-state index in [1.165, 1.54) is 19.3 Å². The lowest BCUT2D eigenvalue weighted by molar-refractivity contribution is 0.109. The maximum Gasteiger partial charge on any atom is 0.185 e. The van der Waals surface area contributed by atoms with E-state index < -0.39 is 0 Å². The van der Waals surface area contributed by atoms with Crippen LogP contribution in [0.4, 0.5) is 0 Å². The topological polar surface area (TPSA) is 33.5 Å². The monoisotopic (exact) mass is 221 g/mol. The van der Waals surface area contributed by atoms with Crippen molar-refractivity contribution in [3.05, 3.63) is 23.7 Å². The summed E-state index contributed by atoms with van der Waals surface area (Å²) in [5.74, 6) is 2.17. The van der Waals surface area contributed by atoms with E-state index in [9.17, 15) is 4.79 Å². The second kappa shape index (κ2) is 5.30. The lowest BCUT2D eigenvalue weighted by Crippen LogP contribution is -2.23. The van der Waals surface area contributed by atoms with Crippen molar-refractivity contribution in [2.75, 3.05) is 13.1 Å². The minimum Gasteiger partial charge on any atom is -0.457 e. The van der Waals surface area contributed by atoms with Crippen LogP contribution in [0.1, 0.15) is 42.5 Å². The molecule has 88 valence electrons. The van der Waals surface area contributed by atoms with E-state index in [2.05, 4.69) is 11.8 Å². The SMILES string of the molecule is CC1CCCN(Cc2ccc(C=O)o2)CC1. The number of aldehydes is 1. The number of carbonyl (C=O) groups excluding carboxylic acids is 1. The smallest absolute Gasteiger partial charge is 0.185 e. The molecule has 0 N–H and O–H groups in total. The Kier molecular flexibility index (Phi) is 3.78. The van der Waals surface area contributed by atoms with Crippen molar-refractivity contribution in [3.63, 3.8) is 0 Å². The van der Waals surface area contributed by atoms with Gasteiger partial charge in [-0.2, -0.15) is 0 Å². The quantitative estimate of drug-likeness (QED) is 0.736. The number of likely N-dealkylation sites (tertiary alicyclic amines) is 1. The summed E-state index contributed by atoms with van der Waals surface area (Å²) in [4.78, 5) is 12.9. The molecule has 0 radical (unpaired) electrons. The maximum atomic E-state index is 10.5. The lowest BCUT2D eigenvalue weighted by atomic mass is 10.0. The van der Waals surface area contributed by atoms with Gasteiger partial charge in [0.1, 0.15) is 5.76 Å². The fraction of sp³-hybridized carbons (Fsp3) is 0.615. The Labute approximate surface area is 96.4 Å². The highest BCUT2D eigenvalue weighted by Gasteiger charge is 2.15. The number of hydrogen-bond acceptors (Lipinski definition) is 3. The van der Waals surface area contributed by atoms with Crippen LogP contribution in [0.3, 0.4) is 0 Å². The van der Waals surface area contributed by atoms with Gasteiger partial charge in [-0.3, -0.25) is 9.69 Å². The molecule has 1 saturated heterocycles. The van der Waals surface area contributed by atoms with Crippen molar-refractivity contribution in [3.8, 4) is 0 Å². The van der Waals surface area contributed by atoms with Crippen molar-refractivity contribution in [2.45, 2.75) is 32.7 Å². The number of rotatable bonds is 3. The molecular formula is C13H19NO2. The highest BCUT2D eigenvalue weighted by Crippen LogP contribution is 2.18. The Balaban J connectivity index is 1.90. The Hall–Kier alpha value is -1.09. The van der Waals surface area contributed by atoms with E-state index in [1.807, 2.05) is 6.07 Å². The van der Waals surface area contributed by atoms with Crippen LogP contribution in [-0.2, 0) is 6.54 Å². The second-order valence-corrected chi connectivity index (χ2v) is 4.73. The molecule has 0 aromatic carbocycles.